The van der Waals surface area contributed by atoms with Gasteiger partial charge in [-0.3, -0.25) is 0 Å². The largest absolute Gasteiger partial charge is 0.395 e. The van der Waals surface area contributed by atoms with E-state index in [1.54, 1.807) is 0 Å². The lowest BCUT2D eigenvalue weighted by Gasteiger charge is -2.09. The lowest BCUT2D eigenvalue weighted by atomic mass is 9.97. The third-order valence-corrected chi connectivity index (χ3v) is 6.24. The number of hydrogen-bond donors (Lipinski definition) is 1. The van der Waals surface area contributed by atoms with Crippen molar-refractivity contribution < 1.29 is 5.11 Å². The topological polar surface area (TPSA) is 20.2 Å². The van der Waals surface area contributed by atoms with E-state index in [1.807, 2.05) is 0 Å². The highest BCUT2D eigenvalue weighted by Crippen LogP contribution is 2.45. The first-order valence-electron chi connectivity index (χ1n) is 9.53. The fourth-order valence-electron chi connectivity index (χ4n) is 3.23. The zero-order valence-electron chi connectivity index (χ0n) is 17.2. The maximum Gasteiger partial charge on any atom is 0.129 e. The van der Waals surface area contributed by atoms with Gasteiger partial charge in [-0.1, -0.05) is 63.3 Å². The van der Waals surface area contributed by atoms with Gasteiger partial charge in [0, 0.05) is 17.0 Å². The Morgan fingerprint density at radius 2 is 1.15 bits per heavy atom. The molecule has 0 heterocycles. The van der Waals surface area contributed by atoms with Crippen LogP contribution in [0.15, 0.2) is 36.4 Å². The van der Waals surface area contributed by atoms with E-state index in [4.69, 9.17) is 0 Å². The summed E-state index contributed by atoms with van der Waals surface area (Å²) < 4.78 is 0. The van der Waals surface area contributed by atoms with Crippen LogP contribution in [0, 0.1) is 22.9 Å². The molecule has 1 N–H and O–H groups in total. The highest BCUT2D eigenvalue weighted by molar-refractivity contribution is 6.84. The molecule has 2 aromatic carbocycles. The van der Waals surface area contributed by atoms with Gasteiger partial charge in [-0.15, -0.1) is 11.1 Å². The normalized spacial score (nSPS) is 13.1. The van der Waals surface area contributed by atoms with Crippen LogP contribution < -0.4 is 0 Å². The number of fused-ring (bicyclic) bond motifs is 3. The van der Waals surface area contributed by atoms with Crippen molar-refractivity contribution in [2.75, 3.05) is 6.61 Å². The van der Waals surface area contributed by atoms with Crippen molar-refractivity contribution in [1.82, 2.24) is 0 Å². The van der Waals surface area contributed by atoms with Crippen LogP contribution in [0.5, 0.6) is 0 Å². The molecule has 0 spiro atoms. The molecule has 0 fully saturated rings. The standard InChI is InChI=1S/C24H28OSi2/c1-26(2,3)13-11-18-7-9-20-22(15-18)23-16-19(12-14-27(4,5)6)8-10-21(23)24(20)17-25/h7-10,15-16,24-25H,17H2,1-6H3. The van der Waals surface area contributed by atoms with Gasteiger partial charge in [0.25, 0.3) is 0 Å². The van der Waals surface area contributed by atoms with Gasteiger partial charge in [0.1, 0.15) is 16.1 Å². The predicted molar refractivity (Wildman–Crippen MR) is 121 cm³/mol. The summed E-state index contributed by atoms with van der Waals surface area (Å²) in [4.78, 5) is 0. The molecule has 1 aliphatic rings. The molecule has 0 amide bonds. The monoisotopic (exact) mass is 388 g/mol. The lowest BCUT2D eigenvalue weighted by molar-refractivity contribution is 0.282. The maximum absolute atomic E-state index is 9.97. The smallest absolute Gasteiger partial charge is 0.129 e. The molecule has 0 unspecified atom stereocenters. The number of aliphatic hydroxyl groups excluding tert-OH is 1. The number of benzene rings is 2. The minimum absolute atomic E-state index is 0.0491. The molecule has 3 rings (SSSR count). The van der Waals surface area contributed by atoms with Crippen LogP contribution in [0.2, 0.25) is 39.3 Å². The van der Waals surface area contributed by atoms with Crippen LogP contribution in [-0.4, -0.2) is 27.9 Å². The van der Waals surface area contributed by atoms with E-state index in [1.165, 1.54) is 22.3 Å². The van der Waals surface area contributed by atoms with E-state index >= 15 is 0 Å². The van der Waals surface area contributed by atoms with Gasteiger partial charge in [0.15, 0.2) is 0 Å². The molecule has 1 aliphatic carbocycles. The summed E-state index contributed by atoms with van der Waals surface area (Å²) in [6, 6.07) is 12.8. The second-order valence-corrected chi connectivity index (χ2v) is 18.8. The number of hydrogen-bond acceptors (Lipinski definition) is 1. The first kappa shape index (κ1) is 19.7. The SMILES string of the molecule is C[Si](C)(C)C#Cc1ccc2c(c1)-c1cc(C#C[Si](C)(C)C)ccc1C2CO. The highest BCUT2D eigenvalue weighted by Gasteiger charge is 2.28. The Hall–Kier alpha value is -2.05. The number of aliphatic hydroxyl groups is 1. The second-order valence-electron chi connectivity index (χ2n) is 9.34. The Balaban J connectivity index is 2.09. The van der Waals surface area contributed by atoms with Gasteiger partial charge in [-0.25, -0.2) is 0 Å². The van der Waals surface area contributed by atoms with Gasteiger partial charge < -0.3 is 5.11 Å². The molecule has 0 aliphatic heterocycles. The molecular formula is C24H28OSi2. The Labute approximate surface area is 165 Å². The molecule has 0 radical (unpaired) electrons. The fourth-order valence-corrected chi connectivity index (χ4v) is 4.26. The van der Waals surface area contributed by atoms with Crippen molar-refractivity contribution >= 4 is 16.1 Å². The summed E-state index contributed by atoms with van der Waals surface area (Å²) in [7, 11) is -2.82. The quantitative estimate of drug-likeness (QED) is 0.522. The molecule has 2 aromatic rings. The van der Waals surface area contributed by atoms with Gasteiger partial charge >= 0.3 is 0 Å². The first-order chi connectivity index (χ1) is 12.6. The van der Waals surface area contributed by atoms with Gasteiger partial charge in [0.05, 0.1) is 6.61 Å². The van der Waals surface area contributed by atoms with Crippen molar-refractivity contribution in [2.45, 2.75) is 45.2 Å². The molecule has 0 saturated carbocycles. The van der Waals surface area contributed by atoms with Crippen molar-refractivity contribution in [3.63, 3.8) is 0 Å². The van der Waals surface area contributed by atoms with Crippen molar-refractivity contribution in [3.05, 3.63) is 58.7 Å². The molecule has 27 heavy (non-hydrogen) atoms. The third-order valence-electron chi connectivity index (χ3n) is 4.49. The third kappa shape index (κ3) is 4.63. The van der Waals surface area contributed by atoms with E-state index in [0.717, 1.165) is 11.1 Å². The average molecular weight is 389 g/mol. The van der Waals surface area contributed by atoms with Gasteiger partial charge in [-0.2, -0.15) is 0 Å². The lowest BCUT2D eigenvalue weighted by Crippen LogP contribution is -2.16. The van der Waals surface area contributed by atoms with Crippen LogP contribution >= 0.6 is 0 Å². The Morgan fingerprint density at radius 1 is 0.741 bits per heavy atom. The fraction of sp³-hybridized carbons (Fsp3) is 0.333. The Morgan fingerprint density at radius 3 is 1.48 bits per heavy atom. The van der Waals surface area contributed by atoms with Crippen molar-refractivity contribution in [3.8, 4) is 34.1 Å². The molecule has 3 heteroatoms. The summed E-state index contributed by atoms with van der Waals surface area (Å²) in [5, 5.41) is 9.97. The molecule has 0 bridgehead atoms. The minimum atomic E-state index is -1.41. The van der Waals surface area contributed by atoms with E-state index < -0.39 is 16.1 Å². The van der Waals surface area contributed by atoms with E-state index in [2.05, 4.69) is 98.6 Å². The zero-order chi connectivity index (χ0) is 19.8. The summed E-state index contributed by atoms with van der Waals surface area (Å²) in [5.74, 6) is 6.78. The summed E-state index contributed by atoms with van der Waals surface area (Å²) in [6.45, 7) is 13.7. The van der Waals surface area contributed by atoms with Crippen molar-refractivity contribution in [2.24, 2.45) is 0 Å². The van der Waals surface area contributed by atoms with E-state index in [9.17, 15) is 5.11 Å². The molecule has 0 atom stereocenters. The molecule has 1 nitrogen and oxygen atoms in total. The minimum Gasteiger partial charge on any atom is -0.395 e. The van der Waals surface area contributed by atoms with Crippen LogP contribution in [0.3, 0.4) is 0 Å². The van der Waals surface area contributed by atoms with Crippen LogP contribution in [0.4, 0.5) is 0 Å². The molecule has 0 saturated heterocycles. The Bertz CT molecular complexity index is 918. The highest BCUT2D eigenvalue weighted by atomic mass is 28.3. The number of rotatable bonds is 1. The van der Waals surface area contributed by atoms with E-state index in [0.29, 0.717) is 0 Å². The molecule has 0 aromatic heterocycles. The van der Waals surface area contributed by atoms with Crippen LogP contribution in [-0.2, 0) is 0 Å². The Kier molecular flexibility index (Phi) is 5.23. The van der Waals surface area contributed by atoms with Crippen LogP contribution in [0.25, 0.3) is 11.1 Å². The van der Waals surface area contributed by atoms with Gasteiger partial charge in [0.2, 0.25) is 0 Å². The van der Waals surface area contributed by atoms with Gasteiger partial charge in [-0.05, 0) is 46.5 Å². The second kappa shape index (κ2) is 7.17. The summed E-state index contributed by atoms with van der Waals surface area (Å²) in [6.07, 6.45) is 0. The van der Waals surface area contributed by atoms with Crippen molar-refractivity contribution in [1.29, 1.82) is 0 Å². The molecule has 138 valence electrons. The first-order valence-corrected chi connectivity index (χ1v) is 16.5. The predicted octanol–water partition coefficient (Wildman–Crippen LogP) is 5.25. The maximum atomic E-state index is 9.97. The zero-order valence-corrected chi connectivity index (χ0v) is 19.2. The van der Waals surface area contributed by atoms with E-state index in [-0.39, 0.29) is 12.5 Å². The average Bonchev–Trinajstić information content (AvgIpc) is 2.89. The summed E-state index contributed by atoms with van der Waals surface area (Å²) in [5.41, 5.74) is 13.8. The van der Waals surface area contributed by atoms with Crippen LogP contribution in [0.1, 0.15) is 28.2 Å². The summed E-state index contributed by atoms with van der Waals surface area (Å²) >= 11 is 0. The molecular weight excluding hydrogens is 360 g/mol.